The van der Waals surface area contributed by atoms with Crippen LogP contribution in [0.1, 0.15) is 42.1 Å². The van der Waals surface area contributed by atoms with Crippen LogP contribution in [0.5, 0.6) is 5.88 Å². The van der Waals surface area contributed by atoms with E-state index >= 15 is 0 Å². The molecule has 1 aromatic carbocycles. The predicted molar refractivity (Wildman–Crippen MR) is 124 cm³/mol. The fourth-order valence-electron chi connectivity index (χ4n) is 4.58. The molecular formula is C25H36N2O7. The summed E-state index contributed by atoms with van der Waals surface area (Å²) in [6.45, 7) is 5.83. The Balaban J connectivity index is 1.61. The fraction of sp³-hybridized carbons (Fsp3) is 0.640. The van der Waals surface area contributed by atoms with E-state index in [1.54, 1.807) is 0 Å². The van der Waals surface area contributed by atoms with Crippen molar-refractivity contribution in [3.05, 3.63) is 46.6 Å². The van der Waals surface area contributed by atoms with Crippen LogP contribution in [-0.2, 0) is 28.9 Å². The number of nitrogens with zero attached hydrogens (tertiary/aromatic N) is 2. The molecule has 2 aliphatic rings. The first-order valence-corrected chi connectivity index (χ1v) is 12.1. The number of aromatic nitrogens is 2. The molecule has 188 valence electrons. The second-order valence-corrected chi connectivity index (χ2v) is 9.27. The Hall–Kier alpha value is -2.01. The van der Waals surface area contributed by atoms with Crippen molar-refractivity contribution in [2.24, 2.45) is 5.92 Å². The monoisotopic (exact) mass is 476 g/mol. The normalized spacial score (nSPS) is 28.2. The molecule has 2 aliphatic heterocycles. The third kappa shape index (κ3) is 5.45. The highest BCUT2D eigenvalue weighted by molar-refractivity contribution is 5.37. The maximum absolute atomic E-state index is 10.5. The van der Waals surface area contributed by atoms with Crippen LogP contribution in [0.4, 0.5) is 0 Å². The van der Waals surface area contributed by atoms with Crippen LogP contribution >= 0.6 is 0 Å². The molecule has 0 radical (unpaired) electrons. The van der Waals surface area contributed by atoms with E-state index in [0.717, 1.165) is 55.8 Å². The van der Waals surface area contributed by atoms with Crippen LogP contribution in [-0.4, -0.2) is 80.7 Å². The van der Waals surface area contributed by atoms with Crippen LogP contribution in [0.25, 0.3) is 0 Å². The number of hydrogen-bond donors (Lipinski definition) is 4. The minimum absolute atomic E-state index is 0.313. The zero-order valence-corrected chi connectivity index (χ0v) is 19.8. The lowest BCUT2D eigenvalue weighted by Gasteiger charge is -2.39. The first-order valence-electron chi connectivity index (χ1n) is 12.1. The molecule has 34 heavy (non-hydrogen) atoms. The standard InChI is InChI=1S/C25H36N2O7/c1-3-16-4-6-17(7-5-16)12-19-15(2)27(13-18-8-10-32-11-9-18)26-24(19)34-25-23(31)22(30)21(29)20(14-28)33-25/h4-7,18,20-23,25,28-31H,3,8-14H2,1-2H3/t20-,21-,22+,23-,25+/m1/s1. The molecule has 9 nitrogen and oxygen atoms in total. The van der Waals surface area contributed by atoms with Gasteiger partial charge in [0.15, 0.2) is 0 Å². The van der Waals surface area contributed by atoms with E-state index in [2.05, 4.69) is 31.2 Å². The molecule has 0 spiro atoms. The van der Waals surface area contributed by atoms with Crippen LogP contribution in [0.2, 0.25) is 0 Å². The third-order valence-corrected chi connectivity index (χ3v) is 6.95. The van der Waals surface area contributed by atoms with Gasteiger partial charge in [0.2, 0.25) is 12.2 Å². The van der Waals surface area contributed by atoms with Gasteiger partial charge in [0.1, 0.15) is 24.4 Å². The molecule has 1 aromatic heterocycles. The van der Waals surface area contributed by atoms with Gasteiger partial charge in [-0.25, -0.2) is 0 Å². The van der Waals surface area contributed by atoms with E-state index in [-0.39, 0.29) is 0 Å². The first-order chi connectivity index (χ1) is 16.4. The van der Waals surface area contributed by atoms with Gasteiger partial charge in [-0.1, -0.05) is 31.2 Å². The Bertz CT molecular complexity index is 924. The van der Waals surface area contributed by atoms with Crippen LogP contribution < -0.4 is 4.74 Å². The van der Waals surface area contributed by atoms with Gasteiger partial charge in [-0.2, -0.15) is 0 Å². The molecule has 0 aliphatic carbocycles. The second-order valence-electron chi connectivity index (χ2n) is 9.27. The third-order valence-electron chi connectivity index (χ3n) is 6.95. The summed E-state index contributed by atoms with van der Waals surface area (Å²) in [5.41, 5.74) is 4.19. The topological polar surface area (TPSA) is 126 Å². The molecule has 0 amide bonds. The van der Waals surface area contributed by atoms with E-state index in [4.69, 9.17) is 19.3 Å². The molecule has 0 unspecified atom stereocenters. The number of hydrogen-bond acceptors (Lipinski definition) is 8. The van der Waals surface area contributed by atoms with Gasteiger partial charge in [-0.15, -0.1) is 5.10 Å². The van der Waals surface area contributed by atoms with Crippen molar-refractivity contribution in [2.45, 2.75) is 76.8 Å². The summed E-state index contributed by atoms with van der Waals surface area (Å²) < 4.78 is 19.0. The minimum Gasteiger partial charge on any atom is -0.443 e. The molecule has 2 saturated heterocycles. The fourth-order valence-corrected chi connectivity index (χ4v) is 4.58. The average Bonchev–Trinajstić information content (AvgIpc) is 3.14. The molecular weight excluding hydrogens is 440 g/mol. The first kappa shape index (κ1) is 25.1. The van der Waals surface area contributed by atoms with Gasteiger partial charge in [0.25, 0.3) is 0 Å². The molecule has 2 fully saturated rings. The Morgan fingerprint density at radius 1 is 1.03 bits per heavy atom. The predicted octanol–water partition coefficient (Wildman–Crippen LogP) is 0.950. The summed E-state index contributed by atoms with van der Waals surface area (Å²) in [7, 11) is 0. The van der Waals surface area contributed by atoms with Crippen molar-refractivity contribution < 1.29 is 34.6 Å². The summed E-state index contributed by atoms with van der Waals surface area (Å²) in [4.78, 5) is 0. The van der Waals surface area contributed by atoms with E-state index in [1.165, 1.54) is 5.56 Å². The Morgan fingerprint density at radius 3 is 2.35 bits per heavy atom. The highest BCUT2D eigenvalue weighted by Gasteiger charge is 2.45. The van der Waals surface area contributed by atoms with E-state index in [1.807, 2.05) is 11.6 Å². The lowest BCUT2D eigenvalue weighted by atomic mass is 9.99. The summed E-state index contributed by atoms with van der Waals surface area (Å²) >= 11 is 0. The number of aliphatic hydroxyl groups is 4. The maximum Gasteiger partial charge on any atom is 0.239 e. The molecule has 0 saturated carbocycles. The Labute approximate surface area is 199 Å². The summed E-state index contributed by atoms with van der Waals surface area (Å²) in [5.74, 6) is 0.762. The lowest BCUT2D eigenvalue weighted by molar-refractivity contribution is -0.278. The van der Waals surface area contributed by atoms with E-state index in [0.29, 0.717) is 18.2 Å². The van der Waals surface area contributed by atoms with Crippen LogP contribution in [0.3, 0.4) is 0 Å². The maximum atomic E-state index is 10.5. The highest BCUT2D eigenvalue weighted by Crippen LogP contribution is 2.30. The largest absolute Gasteiger partial charge is 0.443 e. The van der Waals surface area contributed by atoms with Crippen molar-refractivity contribution in [1.82, 2.24) is 9.78 Å². The highest BCUT2D eigenvalue weighted by atomic mass is 16.7. The number of ether oxygens (including phenoxy) is 3. The van der Waals surface area contributed by atoms with Gasteiger partial charge >= 0.3 is 0 Å². The van der Waals surface area contributed by atoms with Gasteiger partial charge in [0.05, 0.1) is 6.61 Å². The van der Waals surface area contributed by atoms with Gasteiger partial charge in [-0.3, -0.25) is 4.68 Å². The number of aryl methyl sites for hydroxylation is 1. The zero-order valence-electron chi connectivity index (χ0n) is 19.8. The van der Waals surface area contributed by atoms with Crippen LogP contribution in [0.15, 0.2) is 24.3 Å². The van der Waals surface area contributed by atoms with Crippen molar-refractivity contribution in [1.29, 1.82) is 0 Å². The molecule has 0 bridgehead atoms. The smallest absolute Gasteiger partial charge is 0.239 e. The molecule has 2 aromatic rings. The zero-order chi connectivity index (χ0) is 24.2. The number of benzene rings is 1. The number of aliphatic hydroxyl groups excluding tert-OH is 4. The molecule has 9 heteroatoms. The molecule has 5 atom stereocenters. The second kappa shape index (κ2) is 11.2. The van der Waals surface area contributed by atoms with Crippen molar-refractivity contribution in [3.8, 4) is 5.88 Å². The van der Waals surface area contributed by atoms with Gasteiger partial charge < -0.3 is 34.6 Å². The van der Waals surface area contributed by atoms with Crippen molar-refractivity contribution in [3.63, 3.8) is 0 Å². The van der Waals surface area contributed by atoms with Crippen LogP contribution in [0, 0.1) is 12.8 Å². The van der Waals surface area contributed by atoms with Crippen molar-refractivity contribution in [2.75, 3.05) is 19.8 Å². The summed E-state index contributed by atoms with van der Waals surface area (Å²) in [6.07, 6.45) is -3.27. The minimum atomic E-state index is -1.51. The summed E-state index contributed by atoms with van der Waals surface area (Å²) in [6, 6.07) is 8.39. The molecule has 3 heterocycles. The van der Waals surface area contributed by atoms with Gasteiger partial charge in [0, 0.05) is 37.4 Å². The summed E-state index contributed by atoms with van der Waals surface area (Å²) in [5, 5.41) is 44.9. The van der Waals surface area contributed by atoms with E-state index in [9.17, 15) is 20.4 Å². The Morgan fingerprint density at radius 2 is 1.71 bits per heavy atom. The SMILES string of the molecule is CCc1ccc(Cc2c(O[C@@H]3O[C@H](CO)[C@@H](O)[C@H](O)[C@H]3O)nn(CC3CCOCC3)c2C)cc1. The molecule has 4 N–H and O–H groups in total. The Kier molecular flexibility index (Phi) is 8.23. The number of rotatable bonds is 8. The van der Waals surface area contributed by atoms with Crippen molar-refractivity contribution >= 4 is 0 Å². The van der Waals surface area contributed by atoms with Gasteiger partial charge in [-0.05, 0) is 43.2 Å². The lowest BCUT2D eigenvalue weighted by Crippen LogP contribution is -2.60. The molecule has 4 rings (SSSR count). The average molecular weight is 477 g/mol. The quantitative estimate of drug-likeness (QED) is 0.444. The van der Waals surface area contributed by atoms with E-state index < -0.39 is 37.3 Å².